The van der Waals surface area contributed by atoms with Crippen molar-refractivity contribution >= 4 is 33.8 Å². The Morgan fingerprint density at radius 3 is 2.53 bits per heavy atom. The molecule has 2 aromatic carbocycles. The highest BCUT2D eigenvalue weighted by molar-refractivity contribution is 7.91. The number of hydrogen-bond acceptors (Lipinski definition) is 5. The maximum absolute atomic E-state index is 13.1. The van der Waals surface area contributed by atoms with E-state index < -0.39 is 21.7 Å². The van der Waals surface area contributed by atoms with E-state index >= 15 is 0 Å². The lowest BCUT2D eigenvalue weighted by molar-refractivity contribution is -0.124. The van der Waals surface area contributed by atoms with Crippen LogP contribution in [0.2, 0.25) is 0 Å². The highest BCUT2D eigenvalue weighted by atomic mass is 32.2. The van der Waals surface area contributed by atoms with Crippen molar-refractivity contribution in [1.82, 2.24) is 9.62 Å². The number of carbonyl (C=O) groups excluding carboxylic acids is 2. The highest BCUT2D eigenvalue weighted by Crippen LogP contribution is 2.36. The monoisotopic (exact) mass is 485 g/mol. The Balaban J connectivity index is 1.97. The zero-order chi connectivity index (χ0) is 24.9. The van der Waals surface area contributed by atoms with E-state index in [1.165, 1.54) is 6.92 Å². The Hall–Kier alpha value is -3.33. The molecule has 3 rings (SSSR count). The summed E-state index contributed by atoms with van der Waals surface area (Å²) in [6.07, 6.45) is 4.22. The van der Waals surface area contributed by atoms with Gasteiger partial charge in [-0.15, -0.1) is 0 Å². The molecule has 182 valence electrons. The Morgan fingerprint density at radius 2 is 1.88 bits per heavy atom. The van der Waals surface area contributed by atoms with Crippen molar-refractivity contribution in [3.63, 3.8) is 0 Å². The van der Waals surface area contributed by atoms with Crippen LogP contribution in [0.5, 0.6) is 5.75 Å². The maximum Gasteiger partial charge on any atom is 0.329 e. The van der Waals surface area contributed by atoms with E-state index in [1.54, 1.807) is 18.2 Å². The van der Waals surface area contributed by atoms with Gasteiger partial charge in [-0.3, -0.25) is 9.59 Å². The molecule has 0 aromatic heterocycles. The summed E-state index contributed by atoms with van der Waals surface area (Å²) in [6.45, 7) is 7.13. The van der Waals surface area contributed by atoms with E-state index in [0.29, 0.717) is 17.9 Å². The topological polar surface area (TPSA) is 96.0 Å². The fourth-order valence-corrected chi connectivity index (χ4v) is 5.31. The average Bonchev–Trinajstić information content (AvgIpc) is 3.00. The van der Waals surface area contributed by atoms with Crippen LogP contribution in [0.3, 0.4) is 0 Å². The van der Waals surface area contributed by atoms with Gasteiger partial charge in [0.15, 0.2) is 0 Å². The molecule has 1 saturated heterocycles. The zero-order valence-corrected chi connectivity index (χ0v) is 20.8. The van der Waals surface area contributed by atoms with Crippen molar-refractivity contribution in [3.05, 3.63) is 65.7 Å². The van der Waals surface area contributed by atoms with Crippen molar-refractivity contribution in [2.75, 3.05) is 17.4 Å². The predicted octanol–water partition coefficient (Wildman–Crippen LogP) is 3.50. The van der Waals surface area contributed by atoms with Crippen LogP contribution < -0.4 is 14.4 Å². The number of nitrogens with zero attached hydrogens (tertiary/aromatic N) is 2. The minimum atomic E-state index is -3.99. The SMILES string of the molecule is CCCN1C(=O)CN(c2ccc(/C=C/C(C)(C)NC(C)=O)cc2OCc2ccccc2)S1(=O)=O. The molecule has 9 heteroatoms. The van der Waals surface area contributed by atoms with Gasteiger partial charge in [-0.2, -0.15) is 8.42 Å². The molecule has 2 aromatic rings. The first-order chi connectivity index (χ1) is 16.0. The highest BCUT2D eigenvalue weighted by Gasteiger charge is 2.43. The molecule has 0 atom stereocenters. The van der Waals surface area contributed by atoms with Gasteiger partial charge in [0.05, 0.1) is 11.2 Å². The summed E-state index contributed by atoms with van der Waals surface area (Å²) < 4.78 is 34.2. The second kappa shape index (κ2) is 10.3. The van der Waals surface area contributed by atoms with Crippen LogP contribution in [0.15, 0.2) is 54.6 Å². The Kier molecular flexibility index (Phi) is 7.66. The van der Waals surface area contributed by atoms with Crippen molar-refractivity contribution < 1.29 is 22.7 Å². The second-order valence-corrected chi connectivity index (χ2v) is 10.5. The van der Waals surface area contributed by atoms with Gasteiger partial charge in [0.2, 0.25) is 5.91 Å². The molecule has 1 aliphatic heterocycles. The molecule has 0 saturated carbocycles. The van der Waals surface area contributed by atoms with Crippen molar-refractivity contribution in [1.29, 1.82) is 0 Å². The van der Waals surface area contributed by atoms with Crippen LogP contribution in [0, 0.1) is 0 Å². The largest absolute Gasteiger partial charge is 0.487 e. The molecule has 0 spiro atoms. The maximum atomic E-state index is 13.1. The van der Waals surface area contributed by atoms with E-state index in [2.05, 4.69) is 5.32 Å². The van der Waals surface area contributed by atoms with E-state index in [9.17, 15) is 18.0 Å². The quantitative estimate of drug-likeness (QED) is 0.587. The van der Waals surface area contributed by atoms with Crippen LogP contribution in [-0.2, 0) is 26.4 Å². The molecule has 0 aliphatic carbocycles. The second-order valence-electron chi connectivity index (χ2n) is 8.72. The Bertz CT molecular complexity index is 1180. The summed E-state index contributed by atoms with van der Waals surface area (Å²) in [4.78, 5) is 23.9. The molecule has 1 aliphatic rings. The Labute approximate surface area is 201 Å². The number of benzene rings is 2. The lowest BCUT2D eigenvalue weighted by Crippen LogP contribution is -2.40. The molecular weight excluding hydrogens is 454 g/mol. The number of anilines is 1. The lowest BCUT2D eigenvalue weighted by atomic mass is 10.0. The van der Waals surface area contributed by atoms with Gasteiger partial charge in [0.25, 0.3) is 5.91 Å². The fraction of sp³-hybridized carbons (Fsp3) is 0.360. The summed E-state index contributed by atoms with van der Waals surface area (Å²) in [7, 11) is -3.99. The molecule has 1 N–H and O–H groups in total. The number of amides is 2. The van der Waals surface area contributed by atoms with E-state index in [4.69, 9.17) is 4.74 Å². The number of ether oxygens (including phenoxy) is 1. The van der Waals surface area contributed by atoms with Crippen LogP contribution in [0.1, 0.15) is 45.2 Å². The van der Waals surface area contributed by atoms with Crippen LogP contribution in [-0.4, -0.2) is 43.2 Å². The minimum Gasteiger partial charge on any atom is -0.487 e. The molecule has 1 fully saturated rings. The van der Waals surface area contributed by atoms with Gasteiger partial charge in [-0.25, -0.2) is 8.61 Å². The summed E-state index contributed by atoms with van der Waals surface area (Å²) in [5.41, 5.74) is 1.43. The minimum absolute atomic E-state index is 0.136. The molecule has 0 unspecified atom stereocenters. The third-order valence-corrected chi connectivity index (χ3v) is 7.05. The summed E-state index contributed by atoms with van der Waals surface area (Å²) in [5.74, 6) is -0.257. The first-order valence-corrected chi connectivity index (χ1v) is 12.5. The van der Waals surface area contributed by atoms with E-state index in [-0.39, 0.29) is 25.6 Å². The van der Waals surface area contributed by atoms with Crippen LogP contribution >= 0.6 is 0 Å². The third-order valence-electron chi connectivity index (χ3n) is 5.22. The zero-order valence-electron chi connectivity index (χ0n) is 19.9. The van der Waals surface area contributed by atoms with E-state index in [1.807, 2.05) is 63.3 Å². The summed E-state index contributed by atoms with van der Waals surface area (Å²) in [6, 6.07) is 14.7. The van der Waals surface area contributed by atoms with Gasteiger partial charge >= 0.3 is 10.2 Å². The molecule has 1 heterocycles. The predicted molar refractivity (Wildman–Crippen MR) is 132 cm³/mol. The van der Waals surface area contributed by atoms with Gasteiger partial charge in [0, 0.05) is 13.5 Å². The van der Waals surface area contributed by atoms with Crippen molar-refractivity contribution in [2.45, 2.75) is 46.3 Å². The molecular formula is C25H31N3O5S. The summed E-state index contributed by atoms with van der Waals surface area (Å²) >= 11 is 0. The number of carbonyl (C=O) groups is 2. The Morgan fingerprint density at radius 1 is 1.18 bits per heavy atom. The molecule has 34 heavy (non-hydrogen) atoms. The number of rotatable bonds is 9. The molecule has 2 amide bonds. The first-order valence-electron chi connectivity index (χ1n) is 11.2. The molecule has 8 nitrogen and oxygen atoms in total. The summed E-state index contributed by atoms with van der Waals surface area (Å²) in [5, 5.41) is 2.85. The van der Waals surface area contributed by atoms with E-state index in [0.717, 1.165) is 19.7 Å². The standard InChI is InChI=1S/C25H31N3O5S/c1-5-15-27-24(30)17-28(34(27,31)32)22-12-11-20(13-14-25(3,4)26-19(2)29)16-23(22)33-18-21-9-7-6-8-10-21/h6-14,16H,5,15,17-18H2,1-4H3,(H,26,29)/b14-13+. The average molecular weight is 486 g/mol. The number of nitrogens with one attached hydrogen (secondary N) is 1. The smallest absolute Gasteiger partial charge is 0.329 e. The van der Waals surface area contributed by atoms with Crippen molar-refractivity contribution in [2.24, 2.45) is 0 Å². The van der Waals surface area contributed by atoms with Crippen molar-refractivity contribution in [3.8, 4) is 5.75 Å². The normalized spacial score (nSPS) is 15.7. The lowest BCUT2D eigenvalue weighted by Gasteiger charge is -2.23. The van der Waals surface area contributed by atoms with Gasteiger partial charge < -0.3 is 10.1 Å². The van der Waals surface area contributed by atoms with Crippen LogP contribution in [0.25, 0.3) is 6.08 Å². The van der Waals surface area contributed by atoms with Gasteiger partial charge in [-0.1, -0.05) is 55.5 Å². The third kappa shape index (κ3) is 5.96. The van der Waals surface area contributed by atoms with Crippen LogP contribution in [0.4, 0.5) is 5.69 Å². The first kappa shape index (κ1) is 25.3. The molecule has 0 bridgehead atoms. The number of hydrogen-bond donors (Lipinski definition) is 1. The molecule has 0 radical (unpaired) electrons. The van der Waals surface area contributed by atoms with Gasteiger partial charge in [-0.05, 0) is 43.5 Å². The van der Waals surface area contributed by atoms with Gasteiger partial charge in [0.1, 0.15) is 18.9 Å². The fourth-order valence-electron chi connectivity index (χ4n) is 3.67.